The molecule has 0 saturated heterocycles. The molecular formula is C8H13F2NO2S. The number of rotatable bonds is 2. The summed E-state index contributed by atoms with van der Waals surface area (Å²) in [6, 6.07) is 0. The van der Waals surface area contributed by atoms with Gasteiger partial charge in [0.1, 0.15) is 0 Å². The summed E-state index contributed by atoms with van der Waals surface area (Å²) in [5.41, 5.74) is 0. The van der Waals surface area contributed by atoms with Crippen molar-refractivity contribution >= 4 is 10.0 Å². The molecule has 0 radical (unpaired) electrons. The van der Waals surface area contributed by atoms with Crippen molar-refractivity contribution in [1.82, 2.24) is 0 Å². The van der Waals surface area contributed by atoms with Crippen LogP contribution in [0.25, 0.3) is 0 Å². The summed E-state index contributed by atoms with van der Waals surface area (Å²) in [5, 5.41) is 4.88. The van der Waals surface area contributed by atoms with Gasteiger partial charge in [-0.2, -0.15) is 0 Å². The zero-order valence-electron chi connectivity index (χ0n) is 7.62. The highest BCUT2D eigenvalue weighted by Gasteiger charge is 2.68. The average Bonchev–Trinajstić information content (AvgIpc) is 2.51. The molecule has 0 aromatic heterocycles. The molecule has 3 nitrogen and oxygen atoms in total. The minimum Gasteiger partial charge on any atom is -0.229 e. The fourth-order valence-electron chi connectivity index (χ4n) is 2.55. The zero-order chi connectivity index (χ0) is 10.6. The number of hydrogen-bond acceptors (Lipinski definition) is 2. The molecule has 0 bridgehead atoms. The van der Waals surface area contributed by atoms with Gasteiger partial charge in [0.05, 0.1) is 5.75 Å². The van der Waals surface area contributed by atoms with Gasteiger partial charge in [-0.3, -0.25) is 0 Å². The van der Waals surface area contributed by atoms with E-state index in [-0.39, 0.29) is 11.7 Å². The lowest BCUT2D eigenvalue weighted by molar-refractivity contribution is 0.0844. The molecular weight excluding hydrogens is 212 g/mol. The summed E-state index contributed by atoms with van der Waals surface area (Å²) in [5.74, 6) is -3.92. The molecule has 82 valence electrons. The molecule has 0 heterocycles. The normalized spacial score (nSPS) is 40.4. The summed E-state index contributed by atoms with van der Waals surface area (Å²) < 4.78 is 47.4. The number of nitrogens with two attached hydrogens (primary N) is 1. The summed E-state index contributed by atoms with van der Waals surface area (Å²) in [6.45, 7) is 0. The van der Waals surface area contributed by atoms with Crippen LogP contribution in [-0.2, 0) is 10.0 Å². The Balaban J connectivity index is 1.95. The molecule has 0 aliphatic heterocycles. The first kappa shape index (κ1) is 10.3. The predicted octanol–water partition coefficient (Wildman–Crippen LogP) is 0.956. The second-order valence-electron chi connectivity index (χ2n) is 4.40. The first-order valence-corrected chi connectivity index (χ1v) is 6.40. The van der Waals surface area contributed by atoms with Crippen LogP contribution in [0.4, 0.5) is 8.78 Å². The minimum absolute atomic E-state index is 0.147. The Hall–Kier alpha value is -0.230. The van der Waals surface area contributed by atoms with Crippen molar-refractivity contribution in [2.45, 2.75) is 25.2 Å². The summed E-state index contributed by atoms with van der Waals surface area (Å²) >= 11 is 0. The summed E-state index contributed by atoms with van der Waals surface area (Å²) in [7, 11) is -3.51. The van der Waals surface area contributed by atoms with E-state index in [1.807, 2.05) is 0 Å². The van der Waals surface area contributed by atoms with Gasteiger partial charge in [0.25, 0.3) is 5.92 Å². The van der Waals surface area contributed by atoms with Gasteiger partial charge in [-0.05, 0) is 25.2 Å². The Morgan fingerprint density at radius 2 is 1.93 bits per heavy atom. The topological polar surface area (TPSA) is 60.2 Å². The van der Waals surface area contributed by atoms with E-state index in [0.29, 0.717) is 19.3 Å². The molecule has 0 aromatic rings. The van der Waals surface area contributed by atoms with Gasteiger partial charge in [-0.1, -0.05) is 0 Å². The SMILES string of the molecule is NS(=O)(=O)CC1CCC2C(C1)C2(F)F. The molecule has 2 N–H and O–H groups in total. The molecule has 2 aliphatic carbocycles. The van der Waals surface area contributed by atoms with Crippen LogP contribution in [0.3, 0.4) is 0 Å². The van der Waals surface area contributed by atoms with E-state index in [4.69, 9.17) is 5.14 Å². The minimum atomic E-state index is -3.51. The summed E-state index contributed by atoms with van der Waals surface area (Å²) in [6.07, 6.45) is 1.32. The highest BCUT2D eigenvalue weighted by atomic mass is 32.2. The van der Waals surface area contributed by atoms with Crippen LogP contribution >= 0.6 is 0 Å². The first-order chi connectivity index (χ1) is 6.31. The van der Waals surface area contributed by atoms with E-state index in [0.717, 1.165) is 0 Å². The van der Waals surface area contributed by atoms with Crippen molar-refractivity contribution in [3.8, 4) is 0 Å². The highest BCUT2D eigenvalue weighted by molar-refractivity contribution is 7.89. The lowest BCUT2D eigenvalue weighted by atomic mass is 9.91. The maximum absolute atomic E-state index is 12.9. The lowest BCUT2D eigenvalue weighted by Crippen LogP contribution is -2.25. The Labute approximate surface area is 81.7 Å². The van der Waals surface area contributed by atoms with Crippen molar-refractivity contribution in [1.29, 1.82) is 0 Å². The third kappa shape index (κ3) is 1.77. The van der Waals surface area contributed by atoms with E-state index in [1.165, 1.54) is 0 Å². The van der Waals surface area contributed by atoms with E-state index < -0.39 is 27.8 Å². The van der Waals surface area contributed by atoms with Crippen LogP contribution in [0.15, 0.2) is 0 Å². The molecule has 2 fully saturated rings. The number of halogens is 2. The van der Waals surface area contributed by atoms with Crippen molar-refractivity contribution < 1.29 is 17.2 Å². The Morgan fingerprint density at radius 3 is 2.43 bits per heavy atom. The number of fused-ring (bicyclic) bond motifs is 1. The van der Waals surface area contributed by atoms with Gasteiger partial charge in [0, 0.05) is 11.8 Å². The van der Waals surface area contributed by atoms with Crippen molar-refractivity contribution in [2.75, 3.05) is 5.75 Å². The average molecular weight is 225 g/mol. The molecule has 2 rings (SSSR count). The molecule has 6 heteroatoms. The number of hydrogen-bond donors (Lipinski definition) is 1. The Bertz CT molecular complexity index is 341. The second kappa shape index (κ2) is 2.88. The van der Waals surface area contributed by atoms with Crippen LogP contribution in [0.1, 0.15) is 19.3 Å². The second-order valence-corrected chi connectivity index (χ2v) is 6.06. The van der Waals surface area contributed by atoms with Crippen LogP contribution < -0.4 is 5.14 Å². The van der Waals surface area contributed by atoms with E-state index in [2.05, 4.69) is 0 Å². The molecule has 3 atom stereocenters. The van der Waals surface area contributed by atoms with Crippen molar-refractivity contribution in [3.05, 3.63) is 0 Å². The van der Waals surface area contributed by atoms with Gasteiger partial charge < -0.3 is 0 Å². The van der Waals surface area contributed by atoms with Crippen LogP contribution in [0.5, 0.6) is 0 Å². The van der Waals surface area contributed by atoms with Gasteiger partial charge in [0.15, 0.2) is 0 Å². The zero-order valence-corrected chi connectivity index (χ0v) is 8.43. The fourth-order valence-corrected chi connectivity index (χ4v) is 3.51. The molecule has 0 amide bonds. The van der Waals surface area contributed by atoms with Crippen LogP contribution in [-0.4, -0.2) is 20.1 Å². The van der Waals surface area contributed by atoms with Crippen LogP contribution in [0.2, 0.25) is 0 Å². The van der Waals surface area contributed by atoms with Crippen LogP contribution in [0, 0.1) is 17.8 Å². The smallest absolute Gasteiger partial charge is 0.229 e. The highest BCUT2D eigenvalue weighted by Crippen LogP contribution is 2.63. The first-order valence-electron chi connectivity index (χ1n) is 4.69. The number of alkyl halides is 2. The quantitative estimate of drug-likeness (QED) is 0.760. The van der Waals surface area contributed by atoms with Gasteiger partial charge in [-0.25, -0.2) is 22.3 Å². The fraction of sp³-hybridized carbons (Fsp3) is 1.00. The molecule has 0 spiro atoms. The van der Waals surface area contributed by atoms with E-state index in [9.17, 15) is 17.2 Å². The number of sulfonamides is 1. The van der Waals surface area contributed by atoms with Gasteiger partial charge >= 0.3 is 0 Å². The maximum atomic E-state index is 12.9. The lowest BCUT2D eigenvalue weighted by Gasteiger charge is -2.18. The Morgan fingerprint density at radius 1 is 1.29 bits per heavy atom. The third-order valence-corrected chi connectivity index (χ3v) is 4.24. The molecule has 2 aliphatic rings. The molecule has 14 heavy (non-hydrogen) atoms. The predicted molar refractivity (Wildman–Crippen MR) is 47.2 cm³/mol. The van der Waals surface area contributed by atoms with Crippen molar-refractivity contribution in [2.24, 2.45) is 22.9 Å². The molecule has 2 saturated carbocycles. The number of primary sulfonamides is 1. The molecule has 0 aromatic carbocycles. The largest absolute Gasteiger partial charge is 0.254 e. The van der Waals surface area contributed by atoms with E-state index in [1.54, 1.807) is 0 Å². The van der Waals surface area contributed by atoms with E-state index >= 15 is 0 Å². The molecule has 3 unspecified atom stereocenters. The Kier molecular flexibility index (Phi) is 2.12. The van der Waals surface area contributed by atoms with Crippen molar-refractivity contribution in [3.63, 3.8) is 0 Å². The third-order valence-electron chi connectivity index (χ3n) is 3.31. The van der Waals surface area contributed by atoms with Gasteiger partial charge in [0.2, 0.25) is 10.0 Å². The standard InChI is InChI=1S/C8H13F2NO2S/c9-8(10)6-2-1-5(3-7(6)8)4-14(11,12)13/h5-7H,1-4H2,(H2,11,12,13). The summed E-state index contributed by atoms with van der Waals surface area (Å²) in [4.78, 5) is 0. The van der Waals surface area contributed by atoms with Gasteiger partial charge in [-0.15, -0.1) is 0 Å². The monoisotopic (exact) mass is 225 g/mol. The maximum Gasteiger partial charge on any atom is 0.254 e.